The van der Waals surface area contributed by atoms with E-state index in [1.165, 1.54) is 30.3 Å². The van der Waals surface area contributed by atoms with E-state index in [2.05, 4.69) is 15.9 Å². The average molecular weight is 348 g/mol. The van der Waals surface area contributed by atoms with Crippen molar-refractivity contribution in [3.05, 3.63) is 68.7 Å². The van der Waals surface area contributed by atoms with Crippen LogP contribution in [0.25, 0.3) is 0 Å². The van der Waals surface area contributed by atoms with Crippen LogP contribution >= 0.6 is 27.5 Å². The molecule has 1 atom stereocenters. The Bertz CT molecular complexity index is 604. The van der Waals surface area contributed by atoms with E-state index >= 15 is 0 Å². The van der Waals surface area contributed by atoms with Gasteiger partial charge in [-0.25, -0.2) is 8.78 Å². The van der Waals surface area contributed by atoms with Gasteiger partial charge in [0.15, 0.2) is 0 Å². The van der Waals surface area contributed by atoms with Crippen LogP contribution in [0.3, 0.4) is 0 Å². The quantitative estimate of drug-likeness (QED) is 0.856. The first-order chi connectivity index (χ1) is 8.97. The van der Waals surface area contributed by atoms with Gasteiger partial charge in [-0.15, -0.1) is 0 Å². The monoisotopic (exact) mass is 346 g/mol. The van der Waals surface area contributed by atoms with Gasteiger partial charge in [-0.1, -0.05) is 33.6 Å². The van der Waals surface area contributed by atoms with Gasteiger partial charge in [0.25, 0.3) is 0 Å². The fraction of sp³-hybridized carbons (Fsp3) is 0.143. The van der Waals surface area contributed by atoms with Gasteiger partial charge >= 0.3 is 0 Å². The van der Waals surface area contributed by atoms with Crippen molar-refractivity contribution in [2.45, 2.75) is 12.5 Å². The van der Waals surface area contributed by atoms with Gasteiger partial charge in [-0.2, -0.15) is 0 Å². The second-order valence-corrected chi connectivity index (χ2v) is 5.41. The first-order valence-electron chi connectivity index (χ1n) is 5.54. The molecule has 0 radical (unpaired) electrons. The summed E-state index contributed by atoms with van der Waals surface area (Å²) in [5.41, 5.74) is 0.711. The van der Waals surface area contributed by atoms with Crippen LogP contribution in [0.1, 0.15) is 17.2 Å². The SMILES string of the molecule is OC(Cc1ccc(Cl)cc1F)c1cc(F)ccc1Br. The summed E-state index contributed by atoms with van der Waals surface area (Å²) in [4.78, 5) is 0. The van der Waals surface area contributed by atoms with Crippen LogP contribution in [-0.2, 0) is 6.42 Å². The molecule has 100 valence electrons. The highest BCUT2D eigenvalue weighted by atomic mass is 79.9. The van der Waals surface area contributed by atoms with Crippen molar-refractivity contribution >= 4 is 27.5 Å². The zero-order chi connectivity index (χ0) is 14.0. The summed E-state index contributed by atoms with van der Waals surface area (Å²) in [5, 5.41) is 10.4. The van der Waals surface area contributed by atoms with Crippen LogP contribution in [0, 0.1) is 11.6 Å². The fourth-order valence-corrected chi connectivity index (χ4v) is 2.45. The van der Waals surface area contributed by atoms with Gasteiger partial charge in [0.05, 0.1) is 6.10 Å². The van der Waals surface area contributed by atoms with Crippen molar-refractivity contribution < 1.29 is 13.9 Å². The topological polar surface area (TPSA) is 20.2 Å². The first-order valence-corrected chi connectivity index (χ1v) is 6.71. The van der Waals surface area contributed by atoms with E-state index in [9.17, 15) is 13.9 Å². The third kappa shape index (κ3) is 3.53. The Morgan fingerprint density at radius 1 is 1.16 bits per heavy atom. The summed E-state index contributed by atoms with van der Waals surface area (Å²) >= 11 is 8.89. The molecule has 5 heteroatoms. The maximum Gasteiger partial charge on any atom is 0.127 e. The van der Waals surface area contributed by atoms with Crippen molar-refractivity contribution in [2.75, 3.05) is 0 Å². The van der Waals surface area contributed by atoms with Crippen LogP contribution in [0.5, 0.6) is 0 Å². The van der Waals surface area contributed by atoms with E-state index in [0.29, 0.717) is 20.6 Å². The Morgan fingerprint density at radius 3 is 2.58 bits per heavy atom. The standard InChI is InChI=1S/C14H10BrClF2O/c15-12-4-3-10(17)7-11(12)14(19)5-8-1-2-9(16)6-13(8)18/h1-4,6-7,14,19H,5H2. The highest BCUT2D eigenvalue weighted by Crippen LogP contribution is 2.28. The number of halogens is 4. The number of hydrogen-bond acceptors (Lipinski definition) is 1. The third-order valence-corrected chi connectivity index (χ3v) is 3.70. The number of aliphatic hydroxyl groups excluding tert-OH is 1. The lowest BCUT2D eigenvalue weighted by Crippen LogP contribution is -2.05. The summed E-state index contributed by atoms with van der Waals surface area (Å²) in [7, 11) is 0. The molecule has 0 aliphatic heterocycles. The van der Waals surface area contributed by atoms with Gasteiger partial charge in [-0.05, 0) is 41.5 Å². The molecule has 0 bridgehead atoms. The van der Waals surface area contributed by atoms with E-state index in [-0.39, 0.29) is 6.42 Å². The van der Waals surface area contributed by atoms with Gasteiger partial charge in [-0.3, -0.25) is 0 Å². The number of aliphatic hydroxyl groups is 1. The molecular formula is C14H10BrClF2O. The Kier molecular flexibility index (Phi) is 4.55. The zero-order valence-electron chi connectivity index (χ0n) is 9.71. The molecule has 0 spiro atoms. The Morgan fingerprint density at radius 2 is 1.89 bits per heavy atom. The van der Waals surface area contributed by atoms with Gasteiger partial charge in [0, 0.05) is 15.9 Å². The maximum atomic E-state index is 13.6. The molecule has 19 heavy (non-hydrogen) atoms. The van der Waals surface area contributed by atoms with Crippen molar-refractivity contribution in [1.82, 2.24) is 0 Å². The molecule has 0 saturated carbocycles. The molecule has 0 aromatic heterocycles. The molecule has 1 unspecified atom stereocenters. The van der Waals surface area contributed by atoms with Gasteiger partial charge in [0.2, 0.25) is 0 Å². The van der Waals surface area contributed by atoms with Crippen molar-refractivity contribution in [2.24, 2.45) is 0 Å². The minimum atomic E-state index is -0.999. The van der Waals surface area contributed by atoms with Crippen molar-refractivity contribution in [1.29, 1.82) is 0 Å². The lowest BCUT2D eigenvalue weighted by Gasteiger charge is -2.13. The second kappa shape index (κ2) is 5.99. The minimum Gasteiger partial charge on any atom is -0.388 e. The highest BCUT2D eigenvalue weighted by Gasteiger charge is 2.15. The molecule has 1 N–H and O–H groups in total. The summed E-state index contributed by atoms with van der Waals surface area (Å²) in [6.07, 6.45) is -0.953. The zero-order valence-corrected chi connectivity index (χ0v) is 12.0. The maximum absolute atomic E-state index is 13.6. The predicted octanol–water partition coefficient (Wildman–Crippen LogP) is 4.66. The van der Waals surface area contributed by atoms with E-state index in [1.54, 1.807) is 6.07 Å². The summed E-state index contributed by atoms with van der Waals surface area (Å²) < 4.78 is 27.4. The van der Waals surface area contributed by atoms with Crippen LogP contribution < -0.4 is 0 Å². The van der Waals surface area contributed by atoms with Crippen molar-refractivity contribution in [3.63, 3.8) is 0 Å². The normalized spacial score (nSPS) is 12.5. The highest BCUT2D eigenvalue weighted by molar-refractivity contribution is 9.10. The lowest BCUT2D eigenvalue weighted by atomic mass is 10.0. The van der Waals surface area contributed by atoms with E-state index < -0.39 is 17.7 Å². The predicted molar refractivity (Wildman–Crippen MR) is 74.2 cm³/mol. The Balaban J connectivity index is 2.25. The van der Waals surface area contributed by atoms with Crippen LogP contribution in [0.15, 0.2) is 40.9 Å². The molecule has 0 amide bonds. The van der Waals surface area contributed by atoms with Crippen LogP contribution in [-0.4, -0.2) is 5.11 Å². The molecule has 0 fully saturated rings. The van der Waals surface area contributed by atoms with Crippen LogP contribution in [0.4, 0.5) is 8.78 Å². The third-order valence-electron chi connectivity index (χ3n) is 2.75. The molecule has 2 aromatic rings. The number of benzene rings is 2. The summed E-state index contributed by atoms with van der Waals surface area (Å²) in [6.45, 7) is 0. The van der Waals surface area contributed by atoms with Gasteiger partial charge in [0.1, 0.15) is 11.6 Å². The average Bonchev–Trinajstić information content (AvgIpc) is 2.35. The number of rotatable bonds is 3. The Hall–Kier alpha value is -0.970. The Labute approximate surface area is 123 Å². The molecule has 1 nitrogen and oxygen atoms in total. The number of hydrogen-bond donors (Lipinski definition) is 1. The molecule has 2 rings (SSSR count). The summed E-state index contributed by atoms with van der Waals surface area (Å²) in [6, 6.07) is 8.25. The van der Waals surface area contributed by atoms with E-state index in [4.69, 9.17) is 11.6 Å². The summed E-state index contributed by atoms with van der Waals surface area (Å²) in [5.74, 6) is -0.937. The fourth-order valence-electron chi connectivity index (χ4n) is 1.78. The molecule has 0 heterocycles. The first kappa shape index (κ1) is 14.4. The smallest absolute Gasteiger partial charge is 0.127 e. The largest absolute Gasteiger partial charge is 0.388 e. The molecule has 0 saturated heterocycles. The second-order valence-electron chi connectivity index (χ2n) is 4.12. The van der Waals surface area contributed by atoms with Crippen LogP contribution in [0.2, 0.25) is 5.02 Å². The van der Waals surface area contributed by atoms with E-state index in [0.717, 1.165) is 0 Å². The van der Waals surface area contributed by atoms with Crippen molar-refractivity contribution in [3.8, 4) is 0 Å². The molecular weight excluding hydrogens is 338 g/mol. The molecule has 0 aliphatic carbocycles. The minimum absolute atomic E-state index is 0.0467. The molecule has 0 aliphatic rings. The lowest BCUT2D eigenvalue weighted by molar-refractivity contribution is 0.176. The van der Waals surface area contributed by atoms with E-state index in [1.807, 2.05) is 0 Å². The van der Waals surface area contributed by atoms with Gasteiger partial charge < -0.3 is 5.11 Å². The molecule has 2 aromatic carbocycles.